The van der Waals surface area contributed by atoms with Crippen LogP contribution in [-0.4, -0.2) is 520 Å². The van der Waals surface area contributed by atoms with Gasteiger partial charge >= 0.3 is 0 Å². The van der Waals surface area contributed by atoms with Crippen molar-refractivity contribution in [2.45, 2.75) is 471 Å². The first-order valence-electron chi connectivity index (χ1n) is 51.7. The predicted molar refractivity (Wildman–Crippen MR) is 782 cm³/mol. The molecule has 0 saturated heterocycles. The van der Waals surface area contributed by atoms with Gasteiger partial charge in [0.2, 0.25) is 0 Å². The molecular formula is C72H296O36Si38. The first-order chi connectivity index (χ1) is 63.8. The molecule has 0 spiro atoms. The largest absolute Gasteiger partial charge is 0.438 e. The fourth-order valence-electron chi connectivity index (χ4n) is 0. The van der Waals surface area contributed by atoms with Crippen molar-refractivity contribution in [2.75, 3.05) is 0 Å². The molecule has 74 heteroatoms. The van der Waals surface area contributed by atoms with Crippen LogP contribution in [0.25, 0.3) is 0 Å². The molecule has 0 aromatic heterocycles. The Morgan fingerprint density at radius 3 is 0.0890 bits per heavy atom. The molecule has 0 radical (unpaired) electrons. The van der Waals surface area contributed by atoms with E-state index < -0.39 is 347 Å². The molecule has 0 saturated carbocycles. The van der Waals surface area contributed by atoms with Crippen molar-refractivity contribution in [3.8, 4) is 0 Å². The Balaban J connectivity index is -0.0000000228. The van der Waals surface area contributed by atoms with Crippen LogP contribution >= 0.6 is 0 Å². The van der Waals surface area contributed by atoms with Gasteiger partial charge in [0.05, 0.1) is 0 Å². The van der Waals surface area contributed by atoms with Crippen LogP contribution in [0.2, 0.25) is 471 Å². The van der Waals surface area contributed by atoms with Crippen molar-refractivity contribution in [1.82, 2.24) is 0 Å². The molecule has 0 aromatic rings. The molecule has 0 atom stereocenters. The third kappa shape index (κ3) is 73200. The highest BCUT2D eigenvalue weighted by Crippen LogP contribution is 1.95. The summed E-state index contributed by atoms with van der Waals surface area (Å²) in [6.07, 6.45) is 0. The van der Waals surface area contributed by atoms with Gasteiger partial charge in [0, 0.05) is 16.1 Å². The lowest BCUT2D eigenvalue weighted by Gasteiger charge is -2.01. The van der Waals surface area contributed by atoms with Gasteiger partial charge in [-0.2, -0.15) is 0 Å². The summed E-state index contributed by atoms with van der Waals surface area (Å²) >= 11 is 0. The molecule has 952 valence electrons. The monoisotopic (exact) mass is 2800 g/mol. The van der Waals surface area contributed by atoms with Gasteiger partial charge in [-0.3, -0.25) is 0 Å². The van der Waals surface area contributed by atoms with E-state index in [2.05, 4.69) is 52.4 Å². The van der Waals surface area contributed by atoms with Crippen LogP contribution in [0.15, 0.2) is 0 Å². The minimum atomic E-state index is -1.14. The smallest absolute Gasteiger partial charge is 0.166 e. The van der Waals surface area contributed by atoms with Crippen LogP contribution in [0.3, 0.4) is 0 Å². The summed E-state index contributed by atoms with van der Waals surface area (Å²) in [5, 5.41) is 0. The Kier molecular flexibility index (Phi) is 515. The van der Waals surface area contributed by atoms with Crippen LogP contribution < -0.4 is 0 Å². The SMILES string of the molecule is C[SiH2]O.C[SiH2]O.C[SiH2]O.C[SiH2]O.C[SiH2]O.C[SiH2]O.C[SiH2]O.C[SiH2]O.C[SiH](C)O.C[SiH](C)O.C[SiH](C)O.C[SiH](C)O.C[SiH](C)O.C[SiH](C)O.C[SiH](C)O.C[SiH](C)O.C[SiH](C)O.C[SiH](C)O.C[SiH](C)O.C[SiH](C)O.C[SiH](C)O.C[SiH](C)O.C[SiH](C)O.C[SiH](C)O.C[SiH](C)O.C[SiH](C)O.C[SiH](C)O.C[SiH](C)O.C[SiH](C)O.C[SiH](C)O.C[SiH](C)O.C[SiH](C)O.C[SiH](C)O.C[SiH](C)O.C[SiH](C)O.C[SiH](C)O.C[Si](C)(C)C.C[Si](C)(C)C. The summed E-state index contributed by atoms with van der Waals surface area (Å²) in [6.45, 7) is 137. The van der Waals surface area contributed by atoms with Crippen molar-refractivity contribution in [3.05, 3.63) is 0 Å². The number of rotatable bonds is 0. The molecule has 0 aliphatic carbocycles. The molecule has 146 heavy (non-hydrogen) atoms. The Hall–Kier alpha value is 6.80. The average molecular weight is 2810 g/mol. The molecular weight excluding hydrogens is 2510 g/mol. The molecule has 36 nitrogen and oxygen atoms in total. The highest BCUT2D eigenvalue weighted by atomic mass is 28.3. The topological polar surface area (TPSA) is 728 Å². The van der Waals surface area contributed by atoms with Gasteiger partial charge in [-0.25, -0.2) is 0 Å². The second kappa shape index (κ2) is 281. The zero-order valence-corrected chi connectivity index (χ0v) is 157. The maximum Gasteiger partial charge on any atom is 0.166 e. The standard InChI is InChI=1S/2C4H12Si.28C2H8OSi.8CH6OSi/c2*1-5(2,3)4;28*1-4(2)3;8*1-3-2/h2*1-4H3;28*3-4H,1-2H3;8*2H,3H2,1H3. The van der Waals surface area contributed by atoms with Crippen LogP contribution in [0.4, 0.5) is 0 Å². The quantitative estimate of drug-likeness (QED) is 0.102. The third-order valence-corrected chi connectivity index (χ3v) is 0. The van der Waals surface area contributed by atoms with Crippen molar-refractivity contribution in [2.24, 2.45) is 0 Å². The van der Waals surface area contributed by atoms with Gasteiger partial charge in [-0.15, -0.1) is 0 Å². The molecule has 0 fully saturated rings. The maximum atomic E-state index is 8.19. The molecule has 0 aliphatic rings. The molecule has 0 aromatic carbocycles. The molecule has 0 rings (SSSR count). The van der Waals surface area contributed by atoms with E-state index in [-0.39, 0.29) is 0 Å². The highest BCUT2D eigenvalue weighted by Gasteiger charge is 2.00. The van der Waals surface area contributed by atoms with Gasteiger partial charge in [-0.05, 0) is 367 Å². The summed E-state index contributed by atoms with van der Waals surface area (Å²) in [5.41, 5.74) is 0. The zero-order chi connectivity index (χ0) is 131. The van der Waals surface area contributed by atoms with E-state index in [1.54, 1.807) is 0 Å². The van der Waals surface area contributed by atoms with Crippen molar-refractivity contribution < 1.29 is 173 Å². The Bertz CT molecular complexity index is 1010. The minimum Gasteiger partial charge on any atom is -0.438 e. The third-order valence-electron chi connectivity index (χ3n) is 0. The lowest BCUT2D eigenvalue weighted by Crippen LogP contribution is -2.10. The number of hydrogen-bond acceptors (Lipinski definition) is 36. The van der Waals surface area contributed by atoms with Crippen molar-refractivity contribution in [3.63, 3.8) is 0 Å². The molecule has 0 unspecified atom stereocenters. The second-order valence-corrected chi connectivity index (χ2v) is 117. The predicted octanol–water partition coefficient (Wildman–Crippen LogP) is -4.27. The van der Waals surface area contributed by atoms with E-state index in [4.69, 9.17) is 173 Å². The van der Waals surface area contributed by atoms with Gasteiger partial charge in [0.25, 0.3) is 0 Å². The average Bonchev–Trinajstić information content (AvgIpc) is 1.10. The molecule has 36 N–H and O–H groups in total. The van der Waals surface area contributed by atoms with Crippen LogP contribution in [0, 0.1) is 0 Å². The van der Waals surface area contributed by atoms with E-state index >= 15 is 0 Å². The molecule has 0 heterocycles. The lowest BCUT2D eigenvalue weighted by molar-refractivity contribution is 0.586. The minimum absolute atomic E-state index is 0.583. The van der Waals surface area contributed by atoms with Crippen LogP contribution in [0.5, 0.6) is 0 Å². The van der Waals surface area contributed by atoms with E-state index in [0.29, 0.717) is 0 Å². The van der Waals surface area contributed by atoms with Gasteiger partial charge in [0.15, 0.2) is 331 Å². The summed E-state index contributed by atoms with van der Waals surface area (Å²) in [5.74, 6) is 0. The lowest BCUT2D eigenvalue weighted by atomic mass is 11.8. The first kappa shape index (κ1) is 267. The van der Waals surface area contributed by atoms with Gasteiger partial charge in [-0.1, -0.05) is 105 Å². The second-order valence-electron chi connectivity index (χ2n) is 39.2. The van der Waals surface area contributed by atoms with Crippen LogP contribution in [0.1, 0.15) is 0 Å². The van der Waals surface area contributed by atoms with Gasteiger partial charge in [0.1, 0.15) is 0 Å². The highest BCUT2D eigenvalue weighted by molar-refractivity contribution is 6.75. The maximum absolute atomic E-state index is 8.19. The Morgan fingerprint density at radius 1 is 0.0890 bits per heavy atom. The first-order valence-corrected chi connectivity index (χ1v) is 155. The Labute approximate surface area is 982 Å². The van der Waals surface area contributed by atoms with E-state index in [1.807, 2.05) is 419 Å². The van der Waals surface area contributed by atoms with Crippen LogP contribution in [-0.2, 0) is 0 Å². The summed E-state index contributed by atoms with van der Waals surface area (Å²) in [7, 11) is -37.8. The van der Waals surface area contributed by atoms with E-state index in [1.165, 1.54) is 0 Å². The van der Waals surface area contributed by atoms with Crippen molar-refractivity contribution in [1.29, 1.82) is 0 Å². The zero-order valence-electron chi connectivity index (χ0n) is 111. The fraction of sp³-hybridized carbons (Fsp3) is 1.00. The number of hydrogen-bond donors (Lipinski definition) is 36. The van der Waals surface area contributed by atoms with E-state index in [9.17, 15) is 0 Å². The molecule has 0 bridgehead atoms. The summed E-state index contributed by atoms with van der Waals surface area (Å²) in [4.78, 5) is 291. The van der Waals surface area contributed by atoms with E-state index in [0.717, 1.165) is 0 Å². The fourth-order valence-corrected chi connectivity index (χ4v) is 0. The Morgan fingerprint density at radius 2 is 0.0890 bits per heavy atom. The molecule has 0 aliphatic heterocycles. The van der Waals surface area contributed by atoms with Gasteiger partial charge < -0.3 is 173 Å². The summed E-state index contributed by atoms with van der Waals surface area (Å²) in [6, 6.07) is 0. The van der Waals surface area contributed by atoms with Crippen molar-refractivity contribution >= 4 is 347 Å². The normalized spacial score (nSPS) is 9.37. The summed E-state index contributed by atoms with van der Waals surface area (Å²) < 4.78 is 0. The molecule has 0 amide bonds.